The summed E-state index contributed by atoms with van der Waals surface area (Å²) in [4.78, 5) is 38.6. The van der Waals surface area contributed by atoms with Crippen molar-refractivity contribution in [2.45, 2.75) is 12.8 Å². The number of ether oxygens (including phenoxy) is 1. The molecule has 4 aromatic carbocycles. The van der Waals surface area contributed by atoms with Crippen LogP contribution in [0, 0.1) is 0 Å². The van der Waals surface area contributed by atoms with Crippen molar-refractivity contribution in [3.63, 3.8) is 0 Å². The molecule has 1 atom stereocenters. The zero-order chi connectivity index (χ0) is 23.5. The van der Waals surface area contributed by atoms with Crippen LogP contribution in [-0.4, -0.2) is 13.0 Å². The Morgan fingerprint density at radius 3 is 2.24 bits per heavy atom. The van der Waals surface area contributed by atoms with Crippen molar-refractivity contribution in [1.29, 1.82) is 0 Å². The fourth-order valence-corrected chi connectivity index (χ4v) is 3.61. The maximum Gasteiger partial charge on any atom is 0.253 e. The Bertz CT molecular complexity index is 1360. The number of rotatable bonds is 7. The Morgan fingerprint density at radius 2 is 1.61 bits per heavy atom. The van der Waals surface area contributed by atoms with Crippen molar-refractivity contribution in [1.82, 2.24) is 0 Å². The number of nitrogens with two attached hydrogens (primary N) is 1. The monoisotopic (exact) mass is 441 g/mol. The van der Waals surface area contributed by atoms with Gasteiger partial charge in [-0.2, -0.15) is 0 Å². The quantitative estimate of drug-likeness (QED) is 0.419. The summed E-state index contributed by atoms with van der Waals surface area (Å²) < 4.78 is 5.25. The van der Waals surface area contributed by atoms with E-state index in [-0.39, 0.29) is 17.3 Å². The molecule has 0 aliphatic rings. The highest BCUT2D eigenvalue weighted by Gasteiger charge is 2.25. The second-order valence-corrected chi connectivity index (χ2v) is 7.63. The van der Waals surface area contributed by atoms with Gasteiger partial charge in [0, 0.05) is 11.4 Å². The van der Waals surface area contributed by atoms with Crippen molar-refractivity contribution >= 4 is 34.3 Å². The topological polar surface area (TPSA) is 102 Å². The minimum atomic E-state index is -0.694. The summed E-state index contributed by atoms with van der Waals surface area (Å²) in [6.07, 6.45) is 0. The molecule has 1 amide bonds. The normalized spacial score (nSPS) is 11.7. The summed E-state index contributed by atoms with van der Waals surface area (Å²) in [5.74, 6) is 0.138. The molecule has 0 fully saturated rings. The van der Waals surface area contributed by atoms with E-state index in [0.29, 0.717) is 22.8 Å². The molecule has 3 N–H and O–H groups in total. The molecule has 0 spiro atoms. The van der Waals surface area contributed by atoms with Gasteiger partial charge in [0.15, 0.2) is 0 Å². The van der Waals surface area contributed by atoms with Crippen LogP contribution in [0.1, 0.15) is 18.4 Å². The van der Waals surface area contributed by atoms with Crippen LogP contribution in [0.15, 0.2) is 88.5 Å². The maximum atomic E-state index is 13.7. The van der Waals surface area contributed by atoms with Crippen LogP contribution in [0.5, 0.6) is 5.75 Å². The van der Waals surface area contributed by atoms with E-state index in [1.165, 1.54) is 0 Å². The van der Waals surface area contributed by atoms with Gasteiger partial charge in [-0.15, -0.1) is 0 Å². The smallest absolute Gasteiger partial charge is 0.253 e. The van der Waals surface area contributed by atoms with Crippen LogP contribution < -0.4 is 31.5 Å². The number of methoxy groups -OCH3 is 1. The van der Waals surface area contributed by atoms with Crippen molar-refractivity contribution in [3.05, 3.63) is 105 Å². The lowest BCUT2D eigenvalue weighted by molar-refractivity contribution is -0.119. The van der Waals surface area contributed by atoms with Gasteiger partial charge >= 0.3 is 0 Å². The largest absolute Gasteiger partial charge is 0.497 e. The van der Waals surface area contributed by atoms with Crippen LogP contribution in [0.4, 0.5) is 28.4 Å². The van der Waals surface area contributed by atoms with E-state index >= 15 is 0 Å². The molecule has 0 radical (unpaired) electrons. The van der Waals surface area contributed by atoms with Gasteiger partial charge < -0.3 is 15.8 Å². The molecule has 33 heavy (non-hydrogen) atoms. The van der Waals surface area contributed by atoms with Gasteiger partial charge in [-0.1, -0.05) is 36.4 Å². The number of amides is 1. The van der Waals surface area contributed by atoms with E-state index in [2.05, 4.69) is 5.32 Å². The lowest BCUT2D eigenvalue weighted by Crippen LogP contribution is -2.36. The van der Waals surface area contributed by atoms with Crippen molar-refractivity contribution < 1.29 is 9.53 Å². The molecule has 0 bridgehead atoms. The number of hydrogen-bond donors (Lipinski definition) is 2. The van der Waals surface area contributed by atoms with Crippen LogP contribution in [0.2, 0.25) is 0 Å². The van der Waals surface area contributed by atoms with Crippen LogP contribution in [0.3, 0.4) is 0 Å². The third-order valence-corrected chi connectivity index (χ3v) is 5.54. The highest BCUT2D eigenvalue weighted by Crippen LogP contribution is 2.33. The average molecular weight is 441 g/mol. The third-order valence-electron chi connectivity index (χ3n) is 5.54. The first-order valence-corrected chi connectivity index (χ1v) is 10.4. The summed E-state index contributed by atoms with van der Waals surface area (Å²) >= 11 is 0. The van der Waals surface area contributed by atoms with Gasteiger partial charge in [-0.3, -0.25) is 19.3 Å². The van der Waals surface area contributed by atoms with E-state index in [1.807, 2.05) is 49.4 Å². The number of hydrogen-bond acceptors (Lipinski definition) is 6. The molecule has 166 valence electrons. The predicted octanol–water partition coefficient (Wildman–Crippen LogP) is 4.09. The molecule has 7 nitrogen and oxygen atoms in total. The Hall–Kier alpha value is -4.39. The summed E-state index contributed by atoms with van der Waals surface area (Å²) in [5, 5.41) is 2.90. The lowest BCUT2D eigenvalue weighted by atomic mass is 9.99. The van der Waals surface area contributed by atoms with E-state index in [4.69, 9.17) is 10.5 Å². The molecule has 0 saturated carbocycles. The molecule has 1 unspecified atom stereocenters. The first-order valence-electron chi connectivity index (χ1n) is 10.4. The average Bonchev–Trinajstić information content (AvgIpc) is 2.87. The molecule has 7 heteroatoms. The Balaban J connectivity index is 1.73. The maximum absolute atomic E-state index is 13.7. The number of nitrogens with one attached hydrogen (secondary N) is 1. The fourth-order valence-electron chi connectivity index (χ4n) is 3.61. The van der Waals surface area contributed by atoms with Crippen molar-refractivity contribution in [3.8, 4) is 5.75 Å². The minimum absolute atomic E-state index is 0.0668. The summed E-state index contributed by atoms with van der Waals surface area (Å²) in [7, 11) is 1.58. The molecule has 0 aliphatic heterocycles. The zero-order valence-electron chi connectivity index (χ0n) is 18.2. The molecule has 4 aromatic rings. The SMILES string of the molecule is COc1ccc(N(C(=O)C(C)c2ccccc2)c2cccc(Nc3c(N)c(=O)c3=O)c2)cc1. The highest BCUT2D eigenvalue weighted by molar-refractivity contribution is 6.04. The lowest BCUT2D eigenvalue weighted by Gasteiger charge is -2.27. The summed E-state index contributed by atoms with van der Waals surface area (Å²) in [5.41, 5.74) is 6.95. The predicted molar refractivity (Wildman–Crippen MR) is 130 cm³/mol. The van der Waals surface area contributed by atoms with Crippen LogP contribution >= 0.6 is 0 Å². The summed E-state index contributed by atoms with van der Waals surface area (Å²) in [6.45, 7) is 1.86. The number of nitrogens with zero attached hydrogens (tertiary/aromatic N) is 1. The molecule has 0 aliphatic carbocycles. The molecule has 0 heterocycles. The van der Waals surface area contributed by atoms with E-state index in [1.54, 1.807) is 48.4 Å². The van der Waals surface area contributed by atoms with Crippen molar-refractivity contribution in [2.24, 2.45) is 0 Å². The van der Waals surface area contributed by atoms with Gasteiger partial charge in [0.25, 0.3) is 10.9 Å². The van der Waals surface area contributed by atoms with Gasteiger partial charge in [0.2, 0.25) is 5.91 Å². The minimum Gasteiger partial charge on any atom is -0.497 e. The molecule has 4 rings (SSSR count). The molecular formula is C26H23N3O4. The van der Waals surface area contributed by atoms with Crippen LogP contribution in [-0.2, 0) is 4.79 Å². The van der Waals surface area contributed by atoms with Gasteiger partial charge in [-0.25, -0.2) is 0 Å². The number of nitrogen functional groups attached to an aromatic ring is 1. The van der Waals surface area contributed by atoms with Gasteiger partial charge in [-0.05, 0) is 55.0 Å². The second-order valence-electron chi connectivity index (χ2n) is 7.63. The standard InChI is InChI=1S/C26H23N3O4/c1-16(17-7-4-3-5-8-17)26(32)29(19-11-13-21(33-2)14-12-19)20-10-6-9-18(15-20)28-23-22(27)24(30)25(23)31/h3-16,28H,27H2,1-2H3. The summed E-state index contributed by atoms with van der Waals surface area (Å²) in [6, 6.07) is 23.8. The molecule has 0 saturated heterocycles. The fraction of sp³-hybridized carbons (Fsp3) is 0.115. The van der Waals surface area contributed by atoms with E-state index in [0.717, 1.165) is 5.56 Å². The van der Waals surface area contributed by atoms with Crippen LogP contribution in [0.25, 0.3) is 0 Å². The highest BCUT2D eigenvalue weighted by atomic mass is 16.5. The third kappa shape index (κ3) is 4.21. The molecule has 0 aromatic heterocycles. The number of carbonyl (C=O) groups is 1. The second kappa shape index (κ2) is 9.00. The number of benzene rings is 3. The zero-order valence-corrected chi connectivity index (χ0v) is 18.2. The first kappa shape index (κ1) is 21.8. The molecular weight excluding hydrogens is 418 g/mol. The van der Waals surface area contributed by atoms with E-state index < -0.39 is 16.8 Å². The number of anilines is 5. The Kier molecular flexibility index (Phi) is 5.95. The Labute approximate surface area is 190 Å². The van der Waals surface area contributed by atoms with E-state index in [9.17, 15) is 14.4 Å². The number of carbonyl (C=O) groups excluding carboxylic acids is 1. The Morgan fingerprint density at radius 1 is 0.909 bits per heavy atom. The van der Waals surface area contributed by atoms with Gasteiger partial charge in [0.05, 0.1) is 18.7 Å². The first-order chi connectivity index (χ1) is 15.9. The van der Waals surface area contributed by atoms with Crippen molar-refractivity contribution in [2.75, 3.05) is 23.1 Å². The van der Waals surface area contributed by atoms with Gasteiger partial charge in [0.1, 0.15) is 17.1 Å².